The summed E-state index contributed by atoms with van der Waals surface area (Å²) in [4.78, 5) is 4.88. The van der Waals surface area contributed by atoms with Gasteiger partial charge in [0.15, 0.2) is 5.17 Å². The van der Waals surface area contributed by atoms with E-state index in [2.05, 4.69) is 10.4 Å². The minimum atomic E-state index is 0.112. The lowest BCUT2D eigenvalue weighted by molar-refractivity contribution is 0.0624. The van der Waals surface area contributed by atoms with Gasteiger partial charge in [0.2, 0.25) is 0 Å². The molecule has 1 spiro atoms. The summed E-state index contributed by atoms with van der Waals surface area (Å²) in [5.41, 5.74) is 2.17. The van der Waals surface area contributed by atoms with Gasteiger partial charge in [0.25, 0.3) is 0 Å². The van der Waals surface area contributed by atoms with E-state index in [1.54, 1.807) is 11.8 Å². The van der Waals surface area contributed by atoms with E-state index in [1.807, 2.05) is 24.9 Å². The summed E-state index contributed by atoms with van der Waals surface area (Å²) in [7, 11) is 1.93. The predicted molar refractivity (Wildman–Crippen MR) is 74.2 cm³/mol. The Morgan fingerprint density at radius 2 is 2.22 bits per heavy atom. The number of nitrogens with one attached hydrogen (secondary N) is 1. The van der Waals surface area contributed by atoms with E-state index in [-0.39, 0.29) is 5.54 Å². The fraction of sp³-hybridized carbons (Fsp3) is 0.667. The molecule has 6 heteroatoms. The van der Waals surface area contributed by atoms with Crippen LogP contribution in [0.4, 0.5) is 5.69 Å². The SMILES string of the molecule is Cc1nn(C)cc1NC1=NC2(CCOCC2)CS1. The van der Waals surface area contributed by atoms with Gasteiger partial charge in [-0.05, 0) is 19.8 Å². The maximum absolute atomic E-state index is 5.42. The van der Waals surface area contributed by atoms with Crippen LogP contribution in [0.3, 0.4) is 0 Å². The Kier molecular flexibility index (Phi) is 3.07. The molecule has 1 aromatic heterocycles. The minimum Gasteiger partial charge on any atom is -0.381 e. The number of aromatic nitrogens is 2. The van der Waals surface area contributed by atoms with E-state index < -0.39 is 0 Å². The van der Waals surface area contributed by atoms with E-state index >= 15 is 0 Å². The number of nitrogens with zero attached hydrogens (tertiary/aromatic N) is 3. The monoisotopic (exact) mass is 266 g/mol. The maximum atomic E-state index is 5.42. The van der Waals surface area contributed by atoms with Crippen LogP contribution in [0, 0.1) is 6.92 Å². The van der Waals surface area contributed by atoms with Crippen molar-refractivity contribution in [2.24, 2.45) is 12.0 Å². The quantitative estimate of drug-likeness (QED) is 0.842. The molecule has 3 rings (SSSR count). The molecule has 2 aliphatic rings. The summed E-state index contributed by atoms with van der Waals surface area (Å²) < 4.78 is 7.24. The largest absolute Gasteiger partial charge is 0.381 e. The smallest absolute Gasteiger partial charge is 0.161 e. The summed E-state index contributed by atoms with van der Waals surface area (Å²) in [6.45, 7) is 3.68. The van der Waals surface area contributed by atoms with Gasteiger partial charge in [-0.2, -0.15) is 5.10 Å². The van der Waals surface area contributed by atoms with Crippen molar-refractivity contribution >= 4 is 22.6 Å². The normalized spacial score (nSPS) is 22.2. The van der Waals surface area contributed by atoms with Crippen molar-refractivity contribution < 1.29 is 4.74 Å². The lowest BCUT2D eigenvalue weighted by Crippen LogP contribution is -2.34. The first kappa shape index (κ1) is 12.0. The molecule has 0 aromatic carbocycles. The summed E-state index contributed by atoms with van der Waals surface area (Å²) in [5.74, 6) is 1.07. The van der Waals surface area contributed by atoms with Crippen LogP contribution in [0.2, 0.25) is 0 Å². The number of thioether (sulfide) groups is 1. The molecule has 0 unspecified atom stereocenters. The highest BCUT2D eigenvalue weighted by atomic mass is 32.2. The summed E-state index contributed by atoms with van der Waals surface area (Å²) >= 11 is 1.81. The van der Waals surface area contributed by atoms with E-state index in [4.69, 9.17) is 9.73 Å². The average Bonchev–Trinajstić information content (AvgIpc) is 2.86. The molecular formula is C12H18N4OS. The first-order valence-corrected chi connectivity index (χ1v) is 7.23. The molecule has 0 bridgehead atoms. The van der Waals surface area contributed by atoms with Gasteiger partial charge in [-0.15, -0.1) is 0 Å². The van der Waals surface area contributed by atoms with Gasteiger partial charge in [-0.1, -0.05) is 11.8 Å². The van der Waals surface area contributed by atoms with Gasteiger partial charge in [-0.3, -0.25) is 9.67 Å². The van der Waals surface area contributed by atoms with Crippen molar-refractivity contribution in [3.05, 3.63) is 11.9 Å². The highest BCUT2D eigenvalue weighted by molar-refractivity contribution is 8.14. The lowest BCUT2D eigenvalue weighted by Gasteiger charge is -2.29. The molecule has 18 heavy (non-hydrogen) atoms. The maximum Gasteiger partial charge on any atom is 0.161 e. The van der Waals surface area contributed by atoms with Gasteiger partial charge in [0, 0.05) is 32.2 Å². The van der Waals surface area contributed by atoms with Crippen LogP contribution in [-0.4, -0.2) is 39.5 Å². The topological polar surface area (TPSA) is 51.4 Å². The second-order valence-corrected chi connectivity index (χ2v) is 5.93. The van der Waals surface area contributed by atoms with Crippen LogP contribution in [0.15, 0.2) is 11.2 Å². The van der Waals surface area contributed by atoms with Crippen LogP contribution < -0.4 is 5.32 Å². The van der Waals surface area contributed by atoms with E-state index in [0.717, 1.165) is 48.4 Å². The minimum absolute atomic E-state index is 0.112. The Hall–Kier alpha value is -1.01. The van der Waals surface area contributed by atoms with Crippen molar-refractivity contribution in [3.8, 4) is 0 Å². The third-order valence-electron chi connectivity index (χ3n) is 3.49. The summed E-state index contributed by atoms with van der Waals surface area (Å²) in [6.07, 6.45) is 4.07. The van der Waals surface area contributed by atoms with Crippen molar-refractivity contribution in [1.82, 2.24) is 9.78 Å². The van der Waals surface area contributed by atoms with Crippen molar-refractivity contribution in [3.63, 3.8) is 0 Å². The molecule has 0 saturated carbocycles. The standard InChI is InChI=1S/C12H18N4OS/c1-9-10(7-16(2)15-9)13-11-14-12(8-18-11)3-5-17-6-4-12/h7H,3-6,8H2,1-2H3,(H,13,14). The van der Waals surface area contributed by atoms with Gasteiger partial charge in [0.1, 0.15) is 0 Å². The highest BCUT2D eigenvalue weighted by Gasteiger charge is 2.37. The number of hydrogen-bond donors (Lipinski definition) is 1. The van der Waals surface area contributed by atoms with Crippen molar-refractivity contribution in [2.45, 2.75) is 25.3 Å². The van der Waals surface area contributed by atoms with Crippen LogP contribution in [0.5, 0.6) is 0 Å². The Balaban J connectivity index is 1.74. The summed E-state index contributed by atoms with van der Waals surface area (Å²) in [6, 6.07) is 0. The first-order valence-electron chi connectivity index (χ1n) is 6.25. The summed E-state index contributed by atoms with van der Waals surface area (Å²) in [5, 5.41) is 8.74. The molecule has 5 nitrogen and oxygen atoms in total. The fourth-order valence-electron chi connectivity index (χ4n) is 2.39. The molecule has 0 aliphatic carbocycles. The van der Waals surface area contributed by atoms with E-state index in [9.17, 15) is 0 Å². The van der Waals surface area contributed by atoms with Crippen LogP contribution in [-0.2, 0) is 11.8 Å². The molecule has 1 N–H and O–H groups in total. The number of ether oxygens (including phenoxy) is 1. The molecular weight excluding hydrogens is 248 g/mol. The Morgan fingerprint density at radius 3 is 2.89 bits per heavy atom. The zero-order valence-corrected chi connectivity index (χ0v) is 11.6. The van der Waals surface area contributed by atoms with Gasteiger partial charge < -0.3 is 10.1 Å². The molecule has 2 aliphatic heterocycles. The second-order valence-electron chi connectivity index (χ2n) is 4.97. The number of rotatable bonds is 1. The third kappa shape index (κ3) is 2.27. The molecule has 0 amide bonds. The van der Waals surface area contributed by atoms with E-state index in [1.165, 1.54) is 0 Å². The second kappa shape index (κ2) is 4.59. The molecule has 1 fully saturated rings. The third-order valence-corrected chi connectivity index (χ3v) is 4.64. The van der Waals surface area contributed by atoms with Gasteiger partial charge >= 0.3 is 0 Å². The Morgan fingerprint density at radius 1 is 1.44 bits per heavy atom. The number of anilines is 1. The van der Waals surface area contributed by atoms with E-state index in [0.29, 0.717) is 0 Å². The fourth-order valence-corrected chi connectivity index (χ4v) is 3.59. The number of aryl methyl sites for hydroxylation is 2. The number of hydrogen-bond acceptors (Lipinski definition) is 5. The molecule has 1 aromatic rings. The predicted octanol–water partition coefficient (Wildman–Crippen LogP) is 1.79. The van der Waals surface area contributed by atoms with Crippen LogP contribution >= 0.6 is 11.8 Å². The molecule has 98 valence electrons. The zero-order chi connectivity index (χ0) is 12.6. The molecule has 3 heterocycles. The van der Waals surface area contributed by atoms with Gasteiger partial charge in [-0.25, -0.2) is 0 Å². The van der Waals surface area contributed by atoms with Crippen LogP contribution in [0.25, 0.3) is 0 Å². The van der Waals surface area contributed by atoms with Crippen molar-refractivity contribution in [2.75, 3.05) is 24.3 Å². The molecule has 0 radical (unpaired) electrons. The Bertz CT molecular complexity index is 476. The Labute approximate surface area is 111 Å². The van der Waals surface area contributed by atoms with Crippen LogP contribution in [0.1, 0.15) is 18.5 Å². The lowest BCUT2D eigenvalue weighted by atomic mass is 9.93. The zero-order valence-electron chi connectivity index (χ0n) is 10.8. The van der Waals surface area contributed by atoms with Gasteiger partial charge in [0.05, 0.1) is 16.9 Å². The highest BCUT2D eigenvalue weighted by Crippen LogP contribution is 2.36. The molecule has 0 atom stereocenters. The number of aliphatic imine (C=N–C) groups is 1. The number of amidine groups is 1. The average molecular weight is 266 g/mol. The first-order chi connectivity index (χ1) is 8.67. The molecule has 1 saturated heterocycles. The van der Waals surface area contributed by atoms with Crippen molar-refractivity contribution in [1.29, 1.82) is 0 Å².